The van der Waals surface area contributed by atoms with Crippen molar-refractivity contribution in [3.63, 3.8) is 0 Å². The van der Waals surface area contributed by atoms with Crippen LogP contribution in [-0.4, -0.2) is 6.54 Å². The van der Waals surface area contributed by atoms with Gasteiger partial charge in [0.15, 0.2) is 0 Å². The fraction of sp³-hybridized carbons (Fsp3) is 0.333. The quantitative estimate of drug-likeness (QED) is 0.739. The van der Waals surface area contributed by atoms with Gasteiger partial charge in [-0.3, -0.25) is 0 Å². The van der Waals surface area contributed by atoms with Crippen LogP contribution in [0.15, 0.2) is 29.6 Å². The second-order valence-electron chi connectivity index (χ2n) is 4.58. The molecule has 20 heavy (non-hydrogen) atoms. The summed E-state index contributed by atoms with van der Waals surface area (Å²) in [5.74, 6) is -0.268. The van der Waals surface area contributed by atoms with Crippen LogP contribution < -0.4 is 5.32 Å². The molecule has 0 bridgehead atoms. The number of halogens is 3. The van der Waals surface area contributed by atoms with Crippen molar-refractivity contribution in [3.8, 4) is 0 Å². The van der Waals surface area contributed by atoms with Crippen molar-refractivity contribution in [2.24, 2.45) is 0 Å². The van der Waals surface area contributed by atoms with E-state index in [9.17, 15) is 4.39 Å². The molecule has 0 amide bonds. The van der Waals surface area contributed by atoms with Crippen molar-refractivity contribution in [1.29, 1.82) is 0 Å². The average Bonchev–Trinajstić information content (AvgIpc) is 2.84. The summed E-state index contributed by atoms with van der Waals surface area (Å²) in [5, 5.41) is 6.75. The van der Waals surface area contributed by atoms with Gasteiger partial charge in [-0.2, -0.15) is 0 Å². The summed E-state index contributed by atoms with van der Waals surface area (Å²) in [4.78, 5) is 1.07. The Labute approximate surface area is 132 Å². The SMILES string of the molecule is CCCNC(Cc1cc(F)ccc1Cl)c1sccc1Cl. The summed E-state index contributed by atoms with van der Waals surface area (Å²) in [6, 6.07) is 6.40. The molecule has 1 N–H and O–H groups in total. The van der Waals surface area contributed by atoms with Crippen LogP contribution in [0.2, 0.25) is 10.0 Å². The van der Waals surface area contributed by atoms with Gasteiger partial charge in [0.2, 0.25) is 0 Å². The van der Waals surface area contributed by atoms with E-state index in [0.29, 0.717) is 11.4 Å². The Morgan fingerprint density at radius 2 is 2.05 bits per heavy atom. The van der Waals surface area contributed by atoms with Gasteiger partial charge in [0.05, 0.1) is 5.02 Å². The van der Waals surface area contributed by atoms with E-state index in [4.69, 9.17) is 23.2 Å². The zero-order valence-electron chi connectivity index (χ0n) is 11.1. The molecule has 1 atom stereocenters. The minimum Gasteiger partial charge on any atom is -0.309 e. The number of hydrogen-bond donors (Lipinski definition) is 1. The van der Waals surface area contributed by atoms with Crippen LogP contribution in [0.5, 0.6) is 0 Å². The maximum Gasteiger partial charge on any atom is 0.123 e. The van der Waals surface area contributed by atoms with Gasteiger partial charge in [0.1, 0.15) is 5.82 Å². The highest BCUT2D eigenvalue weighted by atomic mass is 35.5. The third-order valence-electron chi connectivity index (χ3n) is 3.03. The molecule has 0 spiro atoms. The highest BCUT2D eigenvalue weighted by Crippen LogP contribution is 2.32. The number of benzene rings is 1. The fourth-order valence-corrected chi connectivity index (χ4v) is 3.51. The average molecular weight is 332 g/mol. The van der Waals surface area contributed by atoms with Gasteiger partial charge in [-0.25, -0.2) is 4.39 Å². The van der Waals surface area contributed by atoms with E-state index in [2.05, 4.69) is 12.2 Å². The summed E-state index contributed by atoms with van der Waals surface area (Å²) in [5.41, 5.74) is 0.796. The Kier molecular flexibility index (Phi) is 5.85. The third-order valence-corrected chi connectivity index (χ3v) is 4.87. The van der Waals surface area contributed by atoms with Gasteiger partial charge in [0, 0.05) is 15.9 Å². The van der Waals surface area contributed by atoms with E-state index in [1.165, 1.54) is 12.1 Å². The molecule has 0 aliphatic carbocycles. The first-order valence-corrected chi connectivity index (χ1v) is 8.15. The molecule has 2 aromatic rings. The number of rotatable bonds is 6. The molecule has 0 aliphatic heterocycles. The number of hydrogen-bond acceptors (Lipinski definition) is 2. The number of thiophene rings is 1. The summed E-state index contributed by atoms with van der Waals surface area (Å²) in [6.45, 7) is 2.99. The van der Waals surface area contributed by atoms with Crippen molar-refractivity contribution in [3.05, 3.63) is 55.9 Å². The molecule has 0 fully saturated rings. The van der Waals surface area contributed by atoms with Gasteiger partial charge < -0.3 is 5.32 Å². The Balaban J connectivity index is 2.23. The summed E-state index contributed by atoms with van der Waals surface area (Å²) in [6.07, 6.45) is 1.65. The molecule has 2 rings (SSSR count). The van der Waals surface area contributed by atoms with Crippen molar-refractivity contribution in [2.45, 2.75) is 25.8 Å². The molecule has 0 radical (unpaired) electrons. The van der Waals surface area contributed by atoms with Crippen LogP contribution in [0.1, 0.15) is 29.8 Å². The molecule has 0 saturated heterocycles. The van der Waals surface area contributed by atoms with Crippen molar-refractivity contribution in [1.82, 2.24) is 5.32 Å². The highest BCUT2D eigenvalue weighted by Gasteiger charge is 2.17. The monoisotopic (exact) mass is 331 g/mol. The Morgan fingerprint density at radius 3 is 2.70 bits per heavy atom. The number of nitrogens with one attached hydrogen (secondary N) is 1. The maximum atomic E-state index is 13.4. The van der Waals surface area contributed by atoms with Crippen LogP contribution in [0.4, 0.5) is 4.39 Å². The van der Waals surface area contributed by atoms with Crippen LogP contribution in [-0.2, 0) is 6.42 Å². The van der Waals surface area contributed by atoms with E-state index in [0.717, 1.165) is 28.4 Å². The molecular formula is C15H16Cl2FNS. The van der Waals surface area contributed by atoms with E-state index < -0.39 is 0 Å². The molecule has 1 aromatic carbocycles. The Bertz CT molecular complexity index is 571. The smallest absolute Gasteiger partial charge is 0.123 e. The predicted molar refractivity (Wildman–Crippen MR) is 85.5 cm³/mol. The molecule has 1 nitrogen and oxygen atoms in total. The maximum absolute atomic E-state index is 13.4. The lowest BCUT2D eigenvalue weighted by Crippen LogP contribution is -2.23. The topological polar surface area (TPSA) is 12.0 Å². The molecule has 0 saturated carbocycles. The molecule has 108 valence electrons. The van der Waals surface area contributed by atoms with Crippen LogP contribution in [0.3, 0.4) is 0 Å². The third kappa shape index (κ3) is 3.95. The zero-order chi connectivity index (χ0) is 14.5. The standard InChI is InChI=1S/C15H16Cl2FNS/c1-2-6-19-14(15-13(17)5-7-20-15)9-10-8-11(18)3-4-12(10)16/h3-5,7-8,14,19H,2,6,9H2,1H3. The lowest BCUT2D eigenvalue weighted by molar-refractivity contribution is 0.534. The Morgan fingerprint density at radius 1 is 1.25 bits per heavy atom. The lowest BCUT2D eigenvalue weighted by atomic mass is 10.0. The fourth-order valence-electron chi connectivity index (χ4n) is 2.05. The first-order valence-electron chi connectivity index (χ1n) is 6.52. The molecule has 1 unspecified atom stereocenters. The van der Waals surface area contributed by atoms with Gasteiger partial charge in [-0.1, -0.05) is 30.1 Å². The van der Waals surface area contributed by atoms with Gasteiger partial charge in [0.25, 0.3) is 0 Å². The first kappa shape index (κ1) is 15.8. The highest BCUT2D eigenvalue weighted by molar-refractivity contribution is 7.10. The predicted octanol–water partition coefficient (Wildman–Crippen LogP) is 5.48. The molecule has 1 aromatic heterocycles. The van der Waals surface area contributed by atoms with E-state index in [1.54, 1.807) is 17.4 Å². The second kappa shape index (κ2) is 7.41. The second-order valence-corrected chi connectivity index (χ2v) is 6.34. The first-order chi connectivity index (χ1) is 9.61. The normalized spacial score (nSPS) is 12.6. The minimum atomic E-state index is -0.268. The lowest BCUT2D eigenvalue weighted by Gasteiger charge is -2.18. The van der Waals surface area contributed by atoms with Gasteiger partial charge in [-0.15, -0.1) is 11.3 Å². The summed E-state index contributed by atoms with van der Waals surface area (Å²) in [7, 11) is 0. The van der Waals surface area contributed by atoms with Gasteiger partial charge >= 0.3 is 0 Å². The van der Waals surface area contributed by atoms with E-state index in [1.807, 2.05) is 11.4 Å². The van der Waals surface area contributed by atoms with Gasteiger partial charge in [-0.05, 0) is 54.6 Å². The van der Waals surface area contributed by atoms with Crippen molar-refractivity contribution >= 4 is 34.5 Å². The zero-order valence-corrected chi connectivity index (χ0v) is 13.5. The van der Waals surface area contributed by atoms with Crippen molar-refractivity contribution in [2.75, 3.05) is 6.54 Å². The van der Waals surface area contributed by atoms with E-state index in [-0.39, 0.29) is 11.9 Å². The molecule has 1 heterocycles. The molecule has 5 heteroatoms. The van der Waals surface area contributed by atoms with Crippen molar-refractivity contribution < 1.29 is 4.39 Å². The van der Waals surface area contributed by atoms with E-state index >= 15 is 0 Å². The van der Waals surface area contributed by atoms with Crippen LogP contribution in [0, 0.1) is 5.82 Å². The Hall–Kier alpha value is -0.610. The van der Waals surface area contributed by atoms with Crippen LogP contribution in [0.25, 0.3) is 0 Å². The largest absolute Gasteiger partial charge is 0.309 e. The molecule has 0 aliphatic rings. The van der Waals surface area contributed by atoms with Crippen LogP contribution >= 0.6 is 34.5 Å². The summed E-state index contributed by atoms with van der Waals surface area (Å²) < 4.78 is 13.4. The minimum absolute atomic E-state index is 0.0572. The molecular weight excluding hydrogens is 316 g/mol. The summed E-state index contributed by atoms with van der Waals surface area (Å²) >= 11 is 14.0.